The predicted molar refractivity (Wildman–Crippen MR) is 125 cm³/mol. The minimum absolute atomic E-state index is 0.0248. The molecule has 0 spiro atoms. The summed E-state index contributed by atoms with van der Waals surface area (Å²) in [4.78, 5) is 14.8. The van der Waals surface area contributed by atoms with E-state index in [4.69, 9.17) is 9.47 Å². The number of rotatable bonds is 8. The number of carbonyl (C=O) groups excluding carboxylic acids is 1. The minimum atomic E-state index is -3.78. The van der Waals surface area contributed by atoms with Gasteiger partial charge in [0.05, 0.1) is 19.1 Å². The lowest BCUT2D eigenvalue weighted by Gasteiger charge is -2.32. The Bertz CT molecular complexity index is 1120. The molecule has 11 heteroatoms. The lowest BCUT2D eigenvalue weighted by Crippen LogP contribution is -2.41. The van der Waals surface area contributed by atoms with Gasteiger partial charge in [-0.25, -0.2) is 13.1 Å². The fourth-order valence-electron chi connectivity index (χ4n) is 4.74. The standard InChI is InChI=1S/C23H33N5O5S/c1-32-19-10-9-18(15-20(19)33-2)34(30,31)24-12-11-22(29)27-13-6-7-17(16-27)23-26-25-21-8-4-3-5-14-28(21)23/h9-10,15,17,24H,3-8,11-14,16H2,1-2H3. The van der Waals surface area contributed by atoms with Gasteiger partial charge in [0.1, 0.15) is 11.6 Å². The molecule has 1 aromatic carbocycles. The van der Waals surface area contributed by atoms with Crippen LogP contribution in [0.1, 0.15) is 56.1 Å². The third-order valence-electron chi connectivity index (χ3n) is 6.57. The van der Waals surface area contributed by atoms with Gasteiger partial charge < -0.3 is 18.9 Å². The Kier molecular flexibility index (Phi) is 7.72. The molecule has 2 aliphatic heterocycles. The van der Waals surface area contributed by atoms with Crippen LogP contribution in [0.3, 0.4) is 0 Å². The highest BCUT2D eigenvalue weighted by atomic mass is 32.2. The van der Waals surface area contributed by atoms with Crippen molar-refractivity contribution >= 4 is 15.9 Å². The van der Waals surface area contributed by atoms with Crippen LogP contribution in [0.4, 0.5) is 0 Å². The van der Waals surface area contributed by atoms with E-state index in [2.05, 4.69) is 19.5 Å². The summed E-state index contributed by atoms with van der Waals surface area (Å²) in [6.07, 6.45) is 6.42. The van der Waals surface area contributed by atoms with E-state index >= 15 is 0 Å². The second kappa shape index (κ2) is 10.7. The number of aromatic nitrogens is 3. The molecule has 186 valence electrons. The Morgan fingerprint density at radius 1 is 1.09 bits per heavy atom. The van der Waals surface area contributed by atoms with Gasteiger partial charge in [0.2, 0.25) is 15.9 Å². The number of amides is 1. The van der Waals surface area contributed by atoms with Crippen molar-refractivity contribution in [1.82, 2.24) is 24.4 Å². The quantitative estimate of drug-likeness (QED) is 0.601. The maximum Gasteiger partial charge on any atom is 0.240 e. The van der Waals surface area contributed by atoms with Crippen molar-refractivity contribution in [3.63, 3.8) is 0 Å². The summed E-state index contributed by atoms with van der Waals surface area (Å²) in [7, 11) is -0.848. The molecule has 0 radical (unpaired) electrons. The maximum atomic E-state index is 12.9. The van der Waals surface area contributed by atoms with Gasteiger partial charge in [0.15, 0.2) is 11.5 Å². The van der Waals surface area contributed by atoms with E-state index in [1.54, 1.807) is 0 Å². The fraction of sp³-hybridized carbons (Fsp3) is 0.609. The number of hydrogen-bond donors (Lipinski definition) is 1. The van der Waals surface area contributed by atoms with Crippen LogP contribution >= 0.6 is 0 Å². The van der Waals surface area contributed by atoms with Gasteiger partial charge in [0.25, 0.3) is 0 Å². The Hall–Kier alpha value is -2.66. The van der Waals surface area contributed by atoms with Crippen LogP contribution in [0.15, 0.2) is 23.1 Å². The monoisotopic (exact) mass is 491 g/mol. The molecule has 0 aliphatic carbocycles. The number of fused-ring (bicyclic) bond motifs is 1. The molecule has 1 unspecified atom stereocenters. The summed E-state index contributed by atoms with van der Waals surface area (Å²) in [6.45, 7) is 2.25. The topological polar surface area (TPSA) is 116 Å². The summed E-state index contributed by atoms with van der Waals surface area (Å²) < 4.78 is 40.5. The van der Waals surface area contributed by atoms with Gasteiger partial charge >= 0.3 is 0 Å². The van der Waals surface area contributed by atoms with Gasteiger partial charge in [-0.05, 0) is 37.8 Å². The molecule has 1 fully saturated rings. The zero-order chi connectivity index (χ0) is 24.1. The first-order chi connectivity index (χ1) is 16.4. The number of nitrogens with one attached hydrogen (secondary N) is 1. The summed E-state index contributed by atoms with van der Waals surface area (Å²) in [6, 6.07) is 4.39. The van der Waals surface area contributed by atoms with Crippen LogP contribution in [-0.2, 0) is 27.8 Å². The van der Waals surface area contributed by atoms with E-state index in [1.807, 2.05) is 4.90 Å². The van der Waals surface area contributed by atoms with E-state index in [0.717, 1.165) is 50.3 Å². The first-order valence-corrected chi connectivity index (χ1v) is 13.3. The molecule has 2 aromatic rings. The van der Waals surface area contributed by atoms with Crippen LogP contribution < -0.4 is 14.2 Å². The summed E-state index contributed by atoms with van der Waals surface area (Å²) >= 11 is 0. The Balaban J connectivity index is 1.34. The number of likely N-dealkylation sites (tertiary alicyclic amines) is 1. The maximum absolute atomic E-state index is 12.9. The van der Waals surface area contributed by atoms with Crippen LogP contribution in [0.5, 0.6) is 11.5 Å². The van der Waals surface area contributed by atoms with Crippen LogP contribution in [0, 0.1) is 0 Å². The first-order valence-electron chi connectivity index (χ1n) is 11.8. The zero-order valence-electron chi connectivity index (χ0n) is 19.8. The highest BCUT2D eigenvalue weighted by Gasteiger charge is 2.29. The predicted octanol–water partition coefficient (Wildman–Crippen LogP) is 2.10. The second-order valence-corrected chi connectivity index (χ2v) is 10.5. The average molecular weight is 492 g/mol. The molecule has 3 heterocycles. The van der Waals surface area contributed by atoms with E-state index in [9.17, 15) is 13.2 Å². The molecular formula is C23H33N5O5S. The summed E-state index contributed by atoms with van der Waals surface area (Å²) in [5.41, 5.74) is 0. The van der Waals surface area contributed by atoms with Gasteiger partial charge in [-0.1, -0.05) is 6.42 Å². The van der Waals surface area contributed by atoms with Gasteiger partial charge in [0, 0.05) is 51.0 Å². The Labute approximate surface area is 200 Å². The van der Waals surface area contributed by atoms with Crippen LogP contribution in [0.25, 0.3) is 0 Å². The Morgan fingerprint density at radius 2 is 1.91 bits per heavy atom. The van der Waals surface area contributed by atoms with Crippen LogP contribution in [-0.4, -0.2) is 67.8 Å². The SMILES string of the molecule is COc1ccc(S(=O)(=O)NCCC(=O)N2CCCC(c3nnc4n3CCCCC4)C2)cc1OC. The molecule has 4 rings (SSSR count). The van der Waals surface area contributed by atoms with Crippen molar-refractivity contribution in [2.24, 2.45) is 0 Å². The molecule has 10 nitrogen and oxygen atoms in total. The smallest absolute Gasteiger partial charge is 0.240 e. The molecule has 1 atom stereocenters. The highest BCUT2D eigenvalue weighted by Crippen LogP contribution is 2.30. The van der Waals surface area contributed by atoms with E-state index in [1.165, 1.54) is 38.8 Å². The van der Waals surface area contributed by atoms with Crippen molar-refractivity contribution in [3.8, 4) is 11.5 Å². The normalized spacial score (nSPS) is 18.8. The molecule has 2 aliphatic rings. The second-order valence-electron chi connectivity index (χ2n) is 8.78. The molecule has 1 amide bonds. The van der Waals surface area contributed by atoms with Gasteiger partial charge in [-0.2, -0.15) is 0 Å². The number of nitrogens with zero attached hydrogens (tertiary/aromatic N) is 4. The zero-order valence-corrected chi connectivity index (χ0v) is 20.6. The van der Waals surface area contributed by atoms with Gasteiger partial charge in [-0.15, -0.1) is 10.2 Å². The number of hydrogen-bond acceptors (Lipinski definition) is 7. The number of methoxy groups -OCH3 is 2. The third-order valence-corrected chi connectivity index (χ3v) is 8.03. The molecule has 1 aromatic heterocycles. The largest absolute Gasteiger partial charge is 0.493 e. The lowest BCUT2D eigenvalue weighted by atomic mass is 9.96. The van der Waals surface area contributed by atoms with E-state index in [0.29, 0.717) is 24.6 Å². The number of benzene rings is 1. The van der Waals surface area contributed by atoms with E-state index in [-0.39, 0.29) is 29.7 Å². The highest BCUT2D eigenvalue weighted by molar-refractivity contribution is 7.89. The Morgan fingerprint density at radius 3 is 2.71 bits per heavy atom. The van der Waals surface area contributed by atoms with Crippen LogP contribution in [0.2, 0.25) is 0 Å². The number of ether oxygens (including phenoxy) is 2. The molecule has 1 saturated heterocycles. The summed E-state index contributed by atoms with van der Waals surface area (Å²) in [5, 5.41) is 8.88. The first kappa shape index (κ1) is 24.5. The van der Waals surface area contributed by atoms with Crippen molar-refractivity contribution in [2.75, 3.05) is 33.9 Å². The number of sulfonamides is 1. The molecular weight excluding hydrogens is 458 g/mol. The van der Waals surface area contributed by atoms with E-state index < -0.39 is 10.0 Å². The molecule has 0 saturated carbocycles. The average Bonchev–Trinajstić information content (AvgIpc) is 3.11. The molecule has 0 bridgehead atoms. The number of piperidine rings is 1. The van der Waals surface area contributed by atoms with Crippen molar-refractivity contribution < 1.29 is 22.7 Å². The number of aryl methyl sites for hydroxylation is 1. The van der Waals surface area contributed by atoms with Crippen molar-refractivity contribution in [3.05, 3.63) is 29.8 Å². The third kappa shape index (κ3) is 5.35. The fourth-order valence-corrected chi connectivity index (χ4v) is 5.79. The van der Waals surface area contributed by atoms with Gasteiger partial charge in [-0.3, -0.25) is 4.79 Å². The molecule has 1 N–H and O–H groups in total. The lowest BCUT2D eigenvalue weighted by molar-refractivity contribution is -0.132. The minimum Gasteiger partial charge on any atom is -0.493 e. The van der Waals surface area contributed by atoms with Crippen molar-refractivity contribution in [2.45, 2.75) is 62.3 Å². The number of carbonyl (C=O) groups is 1. The summed E-state index contributed by atoms with van der Waals surface area (Å²) in [5.74, 6) is 2.92. The van der Waals surface area contributed by atoms with Crippen molar-refractivity contribution in [1.29, 1.82) is 0 Å². The molecule has 34 heavy (non-hydrogen) atoms.